The highest BCUT2D eigenvalue weighted by atomic mass is 15.3. The molecule has 0 aromatic rings. The molecule has 0 aromatic carbocycles. The lowest BCUT2D eigenvalue weighted by atomic mass is 9.76. The highest BCUT2D eigenvalue weighted by molar-refractivity contribution is 4.92. The standard InChI is InChI=1S/C17H35N3/c1-4-14-7-8-15(12-18)17(11-14)20-10-9-16(13-20)19(5-2)6-3/h14-17H,4-13,18H2,1-3H3. The average Bonchev–Trinajstić information content (AvgIpc) is 2.97. The minimum atomic E-state index is 0.744. The Kier molecular flexibility index (Phi) is 6.31. The summed E-state index contributed by atoms with van der Waals surface area (Å²) < 4.78 is 0. The zero-order valence-electron chi connectivity index (χ0n) is 13.9. The van der Waals surface area contributed by atoms with E-state index in [1.165, 1.54) is 58.3 Å². The van der Waals surface area contributed by atoms with Crippen LogP contribution in [0, 0.1) is 11.8 Å². The summed E-state index contributed by atoms with van der Waals surface area (Å²) in [5.41, 5.74) is 6.06. The Hall–Kier alpha value is -0.120. The maximum Gasteiger partial charge on any atom is 0.0235 e. The van der Waals surface area contributed by atoms with Crippen molar-refractivity contribution >= 4 is 0 Å². The fourth-order valence-corrected chi connectivity index (χ4v) is 4.49. The molecule has 2 fully saturated rings. The van der Waals surface area contributed by atoms with Crippen LogP contribution in [0.2, 0.25) is 0 Å². The first-order chi connectivity index (χ1) is 9.73. The van der Waals surface area contributed by atoms with Gasteiger partial charge in [-0.3, -0.25) is 9.80 Å². The summed E-state index contributed by atoms with van der Waals surface area (Å²) in [7, 11) is 0. The van der Waals surface area contributed by atoms with Crippen molar-refractivity contribution in [2.24, 2.45) is 17.6 Å². The molecule has 20 heavy (non-hydrogen) atoms. The van der Waals surface area contributed by atoms with Crippen molar-refractivity contribution < 1.29 is 0 Å². The van der Waals surface area contributed by atoms with Gasteiger partial charge in [0.05, 0.1) is 0 Å². The molecule has 0 amide bonds. The van der Waals surface area contributed by atoms with E-state index in [-0.39, 0.29) is 0 Å². The fourth-order valence-electron chi connectivity index (χ4n) is 4.49. The third kappa shape index (κ3) is 3.55. The molecule has 0 spiro atoms. The Morgan fingerprint density at radius 1 is 1.10 bits per heavy atom. The van der Waals surface area contributed by atoms with Crippen molar-refractivity contribution in [3.63, 3.8) is 0 Å². The van der Waals surface area contributed by atoms with Crippen LogP contribution in [-0.2, 0) is 0 Å². The van der Waals surface area contributed by atoms with Crippen LogP contribution < -0.4 is 5.73 Å². The Morgan fingerprint density at radius 3 is 2.45 bits per heavy atom. The second kappa shape index (κ2) is 7.77. The summed E-state index contributed by atoms with van der Waals surface area (Å²) in [6, 6.07) is 1.55. The zero-order chi connectivity index (χ0) is 14.5. The topological polar surface area (TPSA) is 32.5 Å². The molecule has 4 atom stereocenters. The number of rotatable bonds is 6. The number of nitrogens with zero attached hydrogens (tertiary/aromatic N) is 2. The third-order valence-corrected chi connectivity index (χ3v) is 5.94. The summed E-state index contributed by atoms with van der Waals surface area (Å²) in [5.74, 6) is 1.68. The van der Waals surface area contributed by atoms with Crippen LogP contribution in [0.4, 0.5) is 0 Å². The Labute approximate surface area is 125 Å². The Bertz CT molecular complexity index is 277. The average molecular weight is 281 g/mol. The molecule has 0 bridgehead atoms. The van der Waals surface area contributed by atoms with Gasteiger partial charge in [0.15, 0.2) is 0 Å². The molecule has 3 heteroatoms. The quantitative estimate of drug-likeness (QED) is 0.812. The number of likely N-dealkylation sites (tertiary alicyclic amines) is 1. The zero-order valence-corrected chi connectivity index (χ0v) is 13.9. The van der Waals surface area contributed by atoms with Gasteiger partial charge in [0.2, 0.25) is 0 Å². The molecule has 1 saturated heterocycles. The summed E-state index contributed by atoms with van der Waals surface area (Å²) in [4.78, 5) is 5.42. The molecule has 3 nitrogen and oxygen atoms in total. The molecule has 1 saturated carbocycles. The minimum Gasteiger partial charge on any atom is -0.330 e. The van der Waals surface area contributed by atoms with Gasteiger partial charge in [-0.1, -0.05) is 33.6 Å². The normalized spacial score (nSPS) is 35.9. The Morgan fingerprint density at radius 2 is 1.85 bits per heavy atom. The molecule has 2 N–H and O–H groups in total. The van der Waals surface area contributed by atoms with Crippen LogP contribution in [-0.4, -0.2) is 54.6 Å². The van der Waals surface area contributed by atoms with E-state index in [4.69, 9.17) is 5.73 Å². The van der Waals surface area contributed by atoms with Gasteiger partial charge < -0.3 is 5.73 Å². The molecule has 4 unspecified atom stereocenters. The van der Waals surface area contributed by atoms with Crippen molar-refractivity contribution in [2.45, 2.75) is 65.0 Å². The van der Waals surface area contributed by atoms with Gasteiger partial charge >= 0.3 is 0 Å². The van der Waals surface area contributed by atoms with Crippen LogP contribution >= 0.6 is 0 Å². The maximum atomic E-state index is 6.06. The number of likely N-dealkylation sites (N-methyl/N-ethyl adjacent to an activating group) is 1. The van der Waals surface area contributed by atoms with Gasteiger partial charge in [-0.05, 0) is 50.7 Å². The lowest BCUT2D eigenvalue weighted by molar-refractivity contribution is 0.0915. The summed E-state index contributed by atoms with van der Waals surface area (Å²) in [5, 5.41) is 0. The molecule has 1 heterocycles. The molecule has 1 aliphatic heterocycles. The monoisotopic (exact) mass is 281 g/mol. The van der Waals surface area contributed by atoms with Crippen LogP contribution in [0.3, 0.4) is 0 Å². The van der Waals surface area contributed by atoms with Gasteiger partial charge in [-0.15, -0.1) is 0 Å². The minimum absolute atomic E-state index is 0.744. The predicted octanol–water partition coefficient (Wildman–Crippen LogP) is 2.56. The highest BCUT2D eigenvalue weighted by Gasteiger charge is 2.37. The maximum absolute atomic E-state index is 6.06. The van der Waals surface area contributed by atoms with E-state index in [9.17, 15) is 0 Å². The van der Waals surface area contributed by atoms with E-state index >= 15 is 0 Å². The van der Waals surface area contributed by atoms with E-state index in [0.29, 0.717) is 0 Å². The van der Waals surface area contributed by atoms with Crippen LogP contribution in [0.15, 0.2) is 0 Å². The van der Waals surface area contributed by atoms with Gasteiger partial charge in [-0.25, -0.2) is 0 Å². The lowest BCUT2D eigenvalue weighted by Crippen LogP contribution is -2.47. The fraction of sp³-hybridized carbons (Fsp3) is 1.00. The number of hydrogen-bond acceptors (Lipinski definition) is 3. The lowest BCUT2D eigenvalue weighted by Gasteiger charge is -2.41. The first-order valence-corrected chi connectivity index (χ1v) is 8.91. The first-order valence-electron chi connectivity index (χ1n) is 8.91. The molecule has 0 aromatic heterocycles. The Balaban J connectivity index is 1.95. The molecule has 2 rings (SSSR count). The van der Waals surface area contributed by atoms with E-state index in [2.05, 4.69) is 30.6 Å². The van der Waals surface area contributed by atoms with Gasteiger partial charge in [0.1, 0.15) is 0 Å². The van der Waals surface area contributed by atoms with Crippen molar-refractivity contribution in [1.29, 1.82) is 0 Å². The molecular weight excluding hydrogens is 246 g/mol. The van der Waals surface area contributed by atoms with Crippen molar-refractivity contribution in [3.05, 3.63) is 0 Å². The van der Waals surface area contributed by atoms with Crippen molar-refractivity contribution in [2.75, 3.05) is 32.7 Å². The summed E-state index contributed by atoms with van der Waals surface area (Å²) in [6.45, 7) is 12.8. The number of nitrogens with two attached hydrogens (primary N) is 1. The predicted molar refractivity (Wildman–Crippen MR) is 86.9 cm³/mol. The van der Waals surface area contributed by atoms with Gasteiger partial charge in [0, 0.05) is 25.2 Å². The van der Waals surface area contributed by atoms with Crippen molar-refractivity contribution in [1.82, 2.24) is 9.80 Å². The van der Waals surface area contributed by atoms with E-state index in [1.54, 1.807) is 0 Å². The summed E-state index contributed by atoms with van der Waals surface area (Å²) >= 11 is 0. The first kappa shape index (κ1) is 16.3. The second-order valence-corrected chi connectivity index (χ2v) is 6.81. The smallest absolute Gasteiger partial charge is 0.0235 e. The SMILES string of the molecule is CCC1CCC(CN)C(N2CCC(N(CC)CC)C2)C1. The molecule has 0 radical (unpaired) electrons. The van der Waals surface area contributed by atoms with Crippen molar-refractivity contribution in [3.8, 4) is 0 Å². The largest absolute Gasteiger partial charge is 0.330 e. The van der Waals surface area contributed by atoms with E-state index in [0.717, 1.165) is 30.5 Å². The van der Waals surface area contributed by atoms with Crippen LogP contribution in [0.1, 0.15) is 52.9 Å². The van der Waals surface area contributed by atoms with Crippen LogP contribution in [0.5, 0.6) is 0 Å². The molecule has 118 valence electrons. The molecule has 2 aliphatic rings. The van der Waals surface area contributed by atoms with E-state index in [1.807, 2.05) is 0 Å². The van der Waals surface area contributed by atoms with Crippen LogP contribution in [0.25, 0.3) is 0 Å². The van der Waals surface area contributed by atoms with Gasteiger partial charge in [0.25, 0.3) is 0 Å². The number of hydrogen-bond donors (Lipinski definition) is 1. The molecular formula is C17H35N3. The third-order valence-electron chi connectivity index (χ3n) is 5.94. The van der Waals surface area contributed by atoms with E-state index < -0.39 is 0 Å². The van der Waals surface area contributed by atoms with Gasteiger partial charge in [-0.2, -0.15) is 0 Å². The second-order valence-electron chi connectivity index (χ2n) is 6.81. The molecule has 1 aliphatic carbocycles. The summed E-state index contributed by atoms with van der Waals surface area (Å²) in [6.07, 6.45) is 6.85. The highest BCUT2D eigenvalue weighted by Crippen LogP contribution is 2.35.